The van der Waals surface area contributed by atoms with Gasteiger partial charge in [-0.1, -0.05) is 54.0 Å². The molecule has 0 saturated heterocycles. The van der Waals surface area contributed by atoms with Crippen molar-refractivity contribution in [2.24, 2.45) is 4.99 Å². The number of hydrogen-bond acceptors (Lipinski definition) is 2. The van der Waals surface area contributed by atoms with E-state index in [0.717, 1.165) is 24.0 Å². The molecule has 0 amide bonds. The zero-order valence-electron chi connectivity index (χ0n) is 16.7. The summed E-state index contributed by atoms with van der Waals surface area (Å²) in [6, 6.07) is 4.92. The molecule has 1 aliphatic rings. The highest BCUT2D eigenvalue weighted by Gasteiger charge is 2.26. The number of quaternary nitrogens is 1. The van der Waals surface area contributed by atoms with E-state index in [1.54, 1.807) is 0 Å². The highest BCUT2D eigenvalue weighted by molar-refractivity contribution is 5.85. The molecule has 0 heterocycles. The fourth-order valence-corrected chi connectivity index (χ4v) is 3.32. The molecule has 3 nitrogen and oxygen atoms in total. The first-order valence-corrected chi connectivity index (χ1v) is 9.24. The van der Waals surface area contributed by atoms with Gasteiger partial charge in [0.15, 0.2) is 0 Å². The Hall–Kier alpha value is -1.06. The van der Waals surface area contributed by atoms with Crippen LogP contribution >= 0.6 is 0 Å². The highest BCUT2D eigenvalue weighted by Crippen LogP contribution is 2.37. The van der Waals surface area contributed by atoms with Crippen LogP contribution in [0.1, 0.15) is 83.9 Å². The van der Waals surface area contributed by atoms with E-state index >= 15 is 0 Å². The normalized spacial score (nSPS) is 22.0. The first-order chi connectivity index (χ1) is 11.0. The summed E-state index contributed by atoms with van der Waals surface area (Å²) in [5.74, 6) is 0.371. The molecule has 25 heavy (non-hydrogen) atoms. The van der Waals surface area contributed by atoms with E-state index in [-0.39, 0.29) is 29.3 Å². The highest BCUT2D eigenvalue weighted by atomic mass is 35.5. The van der Waals surface area contributed by atoms with E-state index in [2.05, 4.69) is 59.4 Å². The molecule has 1 aromatic rings. The summed E-state index contributed by atoms with van der Waals surface area (Å²) in [6.07, 6.45) is 6.64. The number of phenolic OH excluding ortho intramolecular Hbond substituents is 1. The lowest BCUT2D eigenvalue weighted by atomic mass is 9.79. The van der Waals surface area contributed by atoms with Crippen LogP contribution in [0, 0.1) is 0 Å². The van der Waals surface area contributed by atoms with Crippen molar-refractivity contribution in [1.82, 2.24) is 0 Å². The first-order valence-electron chi connectivity index (χ1n) is 9.24. The van der Waals surface area contributed by atoms with Crippen molar-refractivity contribution < 1.29 is 23.2 Å². The van der Waals surface area contributed by atoms with E-state index in [1.807, 2.05) is 6.21 Å². The second-order valence-corrected chi connectivity index (χ2v) is 9.35. The van der Waals surface area contributed by atoms with Crippen LogP contribution in [0.25, 0.3) is 0 Å². The fraction of sp³-hybridized carbons (Fsp3) is 0.667. The maximum absolute atomic E-state index is 10.8. The molecule has 1 aromatic carbocycles. The SMILES string of the molecule is CC(C)(C)c1cc(C=NC2CCCCC2[NH3+])c(O)c(C(C)(C)C)c1.[Cl-]. The Morgan fingerprint density at radius 1 is 1.04 bits per heavy atom. The Balaban J connectivity index is 0.00000312. The van der Waals surface area contributed by atoms with Gasteiger partial charge in [-0.3, -0.25) is 4.99 Å². The summed E-state index contributed by atoms with van der Waals surface area (Å²) in [6.45, 7) is 13.0. The van der Waals surface area contributed by atoms with E-state index in [9.17, 15) is 5.11 Å². The molecule has 1 aliphatic carbocycles. The lowest BCUT2D eigenvalue weighted by Gasteiger charge is -2.27. The molecular formula is C21H35ClN2O. The fourth-order valence-electron chi connectivity index (χ4n) is 3.32. The molecule has 2 unspecified atom stereocenters. The third-order valence-corrected chi connectivity index (χ3v) is 5.09. The Bertz CT molecular complexity index is 612. The molecule has 0 radical (unpaired) electrons. The largest absolute Gasteiger partial charge is 1.00 e. The van der Waals surface area contributed by atoms with Crippen molar-refractivity contribution in [1.29, 1.82) is 0 Å². The lowest BCUT2D eigenvalue weighted by molar-refractivity contribution is -0.428. The van der Waals surface area contributed by atoms with Crippen LogP contribution in [0.5, 0.6) is 5.75 Å². The van der Waals surface area contributed by atoms with Crippen LogP contribution < -0.4 is 18.1 Å². The Morgan fingerprint density at radius 2 is 1.64 bits per heavy atom. The molecule has 1 saturated carbocycles. The number of rotatable bonds is 2. The van der Waals surface area contributed by atoms with Crippen LogP contribution in [-0.2, 0) is 10.8 Å². The van der Waals surface area contributed by atoms with Crippen LogP contribution in [0.15, 0.2) is 17.1 Å². The molecular weight excluding hydrogens is 332 g/mol. The molecule has 4 N–H and O–H groups in total. The minimum absolute atomic E-state index is 0. The number of nitrogens with zero attached hydrogens (tertiary/aromatic N) is 1. The second kappa shape index (κ2) is 8.09. The molecule has 0 spiro atoms. The van der Waals surface area contributed by atoms with Gasteiger partial charge >= 0.3 is 0 Å². The second-order valence-electron chi connectivity index (χ2n) is 9.35. The minimum Gasteiger partial charge on any atom is -1.00 e. The number of benzene rings is 1. The number of aliphatic imine (C=N–C) groups is 1. The van der Waals surface area contributed by atoms with Gasteiger partial charge < -0.3 is 23.2 Å². The summed E-state index contributed by atoms with van der Waals surface area (Å²) < 4.78 is 0. The lowest BCUT2D eigenvalue weighted by Crippen LogP contribution is -3.00. The smallest absolute Gasteiger partial charge is 0.128 e. The summed E-state index contributed by atoms with van der Waals surface area (Å²) in [5.41, 5.74) is 7.25. The Morgan fingerprint density at radius 3 is 2.16 bits per heavy atom. The molecule has 0 aliphatic heterocycles. The predicted octanol–water partition coefficient (Wildman–Crippen LogP) is 0.963. The number of phenols is 1. The molecule has 2 rings (SSSR count). The quantitative estimate of drug-likeness (QED) is 0.752. The Labute approximate surface area is 159 Å². The molecule has 142 valence electrons. The van der Waals surface area contributed by atoms with Gasteiger partial charge in [0, 0.05) is 23.8 Å². The molecule has 0 bridgehead atoms. The topological polar surface area (TPSA) is 60.2 Å². The van der Waals surface area contributed by atoms with Gasteiger partial charge in [-0.05, 0) is 35.3 Å². The van der Waals surface area contributed by atoms with Gasteiger partial charge in [-0.15, -0.1) is 0 Å². The maximum atomic E-state index is 10.8. The minimum atomic E-state index is -0.104. The number of hydrogen-bond donors (Lipinski definition) is 2. The molecule has 0 aromatic heterocycles. The predicted molar refractivity (Wildman–Crippen MR) is 102 cm³/mol. The zero-order chi connectivity index (χ0) is 18.1. The first kappa shape index (κ1) is 22.0. The van der Waals surface area contributed by atoms with Crippen molar-refractivity contribution in [3.05, 3.63) is 28.8 Å². The van der Waals surface area contributed by atoms with Gasteiger partial charge in [0.25, 0.3) is 0 Å². The zero-order valence-corrected chi connectivity index (χ0v) is 17.5. The van der Waals surface area contributed by atoms with Gasteiger partial charge in [0.1, 0.15) is 17.8 Å². The summed E-state index contributed by atoms with van der Waals surface area (Å²) in [7, 11) is 0. The van der Waals surface area contributed by atoms with Gasteiger partial charge in [-0.2, -0.15) is 0 Å². The van der Waals surface area contributed by atoms with Gasteiger partial charge in [0.2, 0.25) is 0 Å². The van der Waals surface area contributed by atoms with Crippen LogP contribution in [0.2, 0.25) is 0 Å². The maximum Gasteiger partial charge on any atom is 0.128 e. The van der Waals surface area contributed by atoms with Gasteiger partial charge in [-0.25, -0.2) is 0 Å². The summed E-state index contributed by atoms with van der Waals surface area (Å²) in [5, 5.41) is 10.8. The number of aromatic hydroxyl groups is 1. The van der Waals surface area contributed by atoms with Crippen LogP contribution in [-0.4, -0.2) is 23.4 Å². The van der Waals surface area contributed by atoms with Gasteiger partial charge in [0.05, 0.1) is 0 Å². The third-order valence-electron chi connectivity index (χ3n) is 5.09. The van der Waals surface area contributed by atoms with E-state index in [4.69, 9.17) is 4.99 Å². The van der Waals surface area contributed by atoms with Crippen molar-refractivity contribution in [3.63, 3.8) is 0 Å². The van der Waals surface area contributed by atoms with Crippen molar-refractivity contribution in [2.45, 2.75) is 90.1 Å². The summed E-state index contributed by atoms with van der Waals surface area (Å²) >= 11 is 0. The van der Waals surface area contributed by atoms with E-state index < -0.39 is 0 Å². The van der Waals surface area contributed by atoms with Crippen LogP contribution in [0.4, 0.5) is 0 Å². The van der Waals surface area contributed by atoms with E-state index in [1.165, 1.54) is 18.4 Å². The summed E-state index contributed by atoms with van der Waals surface area (Å²) in [4.78, 5) is 4.79. The van der Waals surface area contributed by atoms with Crippen molar-refractivity contribution in [2.75, 3.05) is 0 Å². The van der Waals surface area contributed by atoms with E-state index in [0.29, 0.717) is 11.8 Å². The number of halogens is 1. The van der Waals surface area contributed by atoms with Crippen LogP contribution in [0.3, 0.4) is 0 Å². The molecule has 1 fully saturated rings. The third kappa shape index (κ3) is 5.46. The standard InChI is InChI=1S/C21H34N2O.ClH/c1-20(2,3)15-11-14(19(24)16(12-15)21(4,5)6)13-23-18-10-8-7-9-17(18)22;/h11-13,17-18,24H,7-10,22H2,1-6H3;1H. The molecule has 2 atom stereocenters. The molecule has 4 heteroatoms. The Kier molecular flexibility index (Phi) is 7.12. The average Bonchev–Trinajstić information content (AvgIpc) is 2.45. The average molecular weight is 367 g/mol. The van der Waals surface area contributed by atoms with Crippen molar-refractivity contribution in [3.8, 4) is 5.75 Å². The monoisotopic (exact) mass is 366 g/mol. The van der Waals surface area contributed by atoms with Crippen molar-refractivity contribution >= 4 is 6.21 Å².